The van der Waals surface area contributed by atoms with E-state index in [-0.39, 0.29) is 0 Å². The van der Waals surface area contributed by atoms with Crippen LogP contribution in [-0.2, 0) is 10.8 Å². The number of hydrogen-bond donors (Lipinski definition) is 1. The number of benzene rings is 1. The highest BCUT2D eigenvalue weighted by Gasteiger charge is 2.39. The molecule has 0 aliphatic rings. The normalized spacial score (nSPS) is 14.5. The summed E-state index contributed by atoms with van der Waals surface area (Å²) in [5.41, 5.74) is -4.04. The van der Waals surface area contributed by atoms with Crippen molar-refractivity contribution in [3.63, 3.8) is 0 Å². The topological polar surface area (TPSA) is 23.9 Å². The Bertz CT molecular complexity index is 566. The fraction of sp³-hybridized carbons (Fsp3) is 0.471. The summed E-state index contributed by atoms with van der Waals surface area (Å²) in [5, 5.41) is 7.30. The Balaban J connectivity index is 3.88. The van der Waals surface area contributed by atoms with Gasteiger partial charge in [-0.1, -0.05) is 26.8 Å². The Hall–Kier alpha value is -1.65. The van der Waals surface area contributed by atoms with Crippen molar-refractivity contribution in [2.24, 2.45) is 0 Å². The zero-order valence-electron chi connectivity index (χ0n) is 13.3. The molecule has 0 aromatic heterocycles. The molecule has 122 valence electrons. The van der Waals surface area contributed by atoms with Crippen molar-refractivity contribution < 1.29 is 17.6 Å². The Labute approximate surface area is 128 Å². The van der Waals surface area contributed by atoms with Crippen LogP contribution in [0.5, 0.6) is 0 Å². The van der Waals surface area contributed by atoms with Crippen LogP contribution in [0.15, 0.2) is 12.7 Å². The predicted octanol–water partition coefficient (Wildman–Crippen LogP) is 5.41. The van der Waals surface area contributed by atoms with E-state index >= 15 is 0 Å². The van der Waals surface area contributed by atoms with Crippen LogP contribution in [0.1, 0.15) is 51.7 Å². The summed E-state index contributed by atoms with van der Waals surface area (Å²) in [7, 11) is 0. The highest BCUT2D eigenvalue weighted by atomic mass is 19.2. The maximum atomic E-state index is 14.5. The SMILES string of the molecule is C=CC(C)(C=N)c1c(F)c(F)c(C(C)(CC)CC)c(F)c1F. The Kier molecular flexibility index (Phi) is 5.21. The number of allylic oxidation sites excluding steroid dienone is 1. The van der Waals surface area contributed by atoms with E-state index in [0.717, 1.165) is 6.08 Å². The molecule has 1 aromatic carbocycles. The van der Waals surface area contributed by atoms with Gasteiger partial charge in [0, 0.05) is 17.3 Å². The molecule has 1 aromatic rings. The molecule has 0 fully saturated rings. The zero-order chi connectivity index (χ0) is 17.3. The van der Waals surface area contributed by atoms with Gasteiger partial charge in [-0.05, 0) is 25.2 Å². The lowest BCUT2D eigenvalue weighted by Crippen LogP contribution is -2.30. The number of nitrogens with one attached hydrogen (secondary N) is 1. The lowest BCUT2D eigenvalue weighted by Gasteiger charge is -2.31. The summed E-state index contributed by atoms with van der Waals surface area (Å²) < 4.78 is 57.9. The van der Waals surface area contributed by atoms with E-state index in [1.807, 2.05) is 0 Å². The first-order valence-electron chi connectivity index (χ1n) is 7.15. The van der Waals surface area contributed by atoms with Gasteiger partial charge < -0.3 is 5.41 Å². The molecule has 0 saturated carbocycles. The molecule has 1 atom stereocenters. The highest BCUT2D eigenvalue weighted by molar-refractivity contribution is 5.74. The van der Waals surface area contributed by atoms with E-state index < -0.39 is 45.2 Å². The van der Waals surface area contributed by atoms with Crippen molar-refractivity contribution in [1.82, 2.24) is 0 Å². The average molecular weight is 315 g/mol. The molecule has 0 saturated heterocycles. The van der Waals surface area contributed by atoms with Gasteiger partial charge in [-0.15, -0.1) is 6.58 Å². The average Bonchev–Trinajstić information content (AvgIpc) is 2.52. The number of rotatable bonds is 6. The fourth-order valence-corrected chi connectivity index (χ4v) is 2.47. The fourth-order valence-electron chi connectivity index (χ4n) is 2.47. The van der Waals surface area contributed by atoms with Crippen LogP contribution in [0.25, 0.3) is 0 Å². The van der Waals surface area contributed by atoms with Gasteiger partial charge in [0.1, 0.15) is 0 Å². The summed E-state index contributed by atoms with van der Waals surface area (Å²) in [5.74, 6) is -5.72. The summed E-state index contributed by atoms with van der Waals surface area (Å²) >= 11 is 0. The van der Waals surface area contributed by atoms with E-state index in [0.29, 0.717) is 19.1 Å². The summed E-state index contributed by atoms with van der Waals surface area (Å²) in [6, 6.07) is 0. The Morgan fingerprint density at radius 2 is 1.27 bits per heavy atom. The van der Waals surface area contributed by atoms with Gasteiger partial charge in [-0.2, -0.15) is 0 Å². The molecule has 1 unspecified atom stereocenters. The maximum Gasteiger partial charge on any atom is 0.166 e. The summed E-state index contributed by atoms with van der Waals surface area (Å²) in [6.07, 6.45) is 2.45. The second-order valence-electron chi connectivity index (χ2n) is 5.90. The van der Waals surface area contributed by atoms with Crippen LogP contribution in [0.4, 0.5) is 17.6 Å². The van der Waals surface area contributed by atoms with Crippen LogP contribution >= 0.6 is 0 Å². The third kappa shape index (κ3) is 2.57. The Morgan fingerprint density at radius 3 is 1.55 bits per heavy atom. The van der Waals surface area contributed by atoms with Crippen molar-refractivity contribution in [3.8, 4) is 0 Å². The smallest absolute Gasteiger partial charge is 0.166 e. The first kappa shape index (κ1) is 18.4. The molecule has 0 radical (unpaired) electrons. The van der Waals surface area contributed by atoms with E-state index in [2.05, 4.69) is 6.58 Å². The molecular weight excluding hydrogens is 294 g/mol. The van der Waals surface area contributed by atoms with Gasteiger partial charge in [0.05, 0.1) is 5.41 Å². The molecule has 0 heterocycles. The Morgan fingerprint density at radius 1 is 0.909 bits per heavy atom. The summed E-state index contributed by atoms with van der Waals surface area (Å²) in [4.78, 5) is 0. The molecule has 1 rings (SSSR count). The highest BCUT2D eigenvalue weighted by Crippen LogP contribution is 2.40. The van der Waals surface area contributed by atoms with Crippen LogP contribution < -0.4 is 0 Å². The lowest BCUT2D eigenvalue weighted by atomic mass is 9.74. The van der Waals surface area contributed by atoms with E-state index in [1.54, 1.807) is 20.8 Å². The van der Waals surface area contributed by atoms with Crippen molar-refractivity contribution in [3.05, 3.63) is 47.1 Å². The van der Waals surface area contributed by atoms with Gasteiger partial charge in [0.15, 0.2) is 23.3 Å². The van der Waals surface area contributed by atoms with Crippen LogP contribution in [0.2, 0.25) is 0 Å². The van der Waals surface area contributed by atoms with Crippen LogP contribution in [-0.4, -0.2) is 6.21 Å². The second kappa shape index (κ2) is 6.23. The molecule has 1 N–H and O–H groups in total. The molecule has 0 amide bonds. The molecular formula is C17H21F4N. The van der Waals surface area contributed by atoms with Gasteiger partial charge in [-0.3, -0.25) is 0 Å². The monoisotopic (exact) mass is 315 g/mol. The molecule has 0 aliphatic carbocycles. The minimum atomic E-state index is -1.62. The van der Waals surface area contributed by atoms with Crippen molar-refractivity contribution in [2.75, 3.05) is 0 Å². The number of hydrogen-bond acceptors (Lipinski definition) is 1. The minimum absolute atomic E-state index is 0.332. The molecule has 0 aliphatic heterocycles. The minimum Gasteiger partial charge on any atom is -0.312 e. The third-order valence-corrected chi connectivity index (χ3v) is 4.69. The van der Waals surface area contributed by atoms with Crippen molar-refractivity contribution in [2.45, 2.75) is 51.4 Å². The van der Waals surface area contributed by atoms with Crippen molar-refractivity contribution in [1.29, 1.82) is 5.41 Å². The quantitative estimate of drug-likeness (QED) is 0.314. The molecule has 1 nitrogen and oxygen atoms in total. The zero-order valence-corrected chi connectivity index (χ0v) is 13.3. The van der Waals surface area contributed by atoms with Gasteiger partial charge in [0.2, 0.25) is 0 Å². The predicted molar refractivity (Wildman–Crippen MR) is 80.5 cm³/mol. The van der Waals surface area contributed by atoms with E-state index in [1.165, 1.54) is 6.92 Å². The lowest BCUT2D eigenvalue weighted by molar-refractivity contribution is 0.351. The van der Waals surface area contributed by atoms with Crippen LogP contribution in [0, 0.1) is 28.7 Å². The third-order valence-electron chi connectivity index (χ3n) is 4.69. The number of halogens is 4. The largest absolute Gasteiger partial charge is 0.312 e. The van der Waals surface area contributed by atoms with Crippen LogP contribution in [0.3, 0.4) is 0 Å². The molecule has 0 spiro atoms. The van der Waals surface area contributed by atoms with Gasteiger partial charge in [0.25, 0.3) is 0 Å². The molecule has 5 heteroatoms. The summed E-state index contributed by atoms with van der Waals surface area (Å²) in [6.45, 7) is 9.64. The standard InChI is InChI=1S/C17H21F4N/c1-6-16(4,7-2)10-12(18)14(20)11(15(21)13(10)19)17(5,8-3)9-22/h8-9,22H,3,6-7H2,1-2,4-5H3. The molecule has 0 bridgehead atoms. The van der Waals surface area contributed by atoms with Crippen molar-refractivity contribution >= 4 is 6.21 Å². The van der Waals surface area contributed by atoms with Gasteiger partial charge in [-0.25, -0.2) is 17.6 Å². The first-order valence-corrected chi connectivity index (χ1v) is 7.15. The molecule has 22 heavy (non-hydrogen) atoms. The first-order chi connectivity index (χ1) is 10.1. The maximum absolute atomic E-state index is 14.5. The van der Waals surface area contributed by atoms with E-state index in [4.69, 9.17) is 5.41 Å². The van der Waals surface area contributed by atoms with E-state index in [9.17, 15) is 17.6 Å². The van der Waals surface area contributed by atoms with Gasteiger partial charge >= 0.3 is 0 Å². The second-order valence-corrected chi connectivity index (χ2v) is 5.90.